The summed E-state index contributed by atoms with van der Waals surface area (Å²) in [5, 5.41) is 0. The van der Waals surface area contributed by atoms with E-state index >= 15 is 0 Å². The highest BCUT2D eigenvalue weighted by Gasteiger charge is 2.25. The molecule has 1 aliphatic heterocycles. The zero-order valence-corrected chi connectivity index (χ0v) is 13.7. The van der Waals surface area contributed by atoms with Gasteiger partial charge in [-0.3, -0.25) is 0 Å². The van der Waals surface area contributed by atoms with E-state index in [1.54, 1.807) is 0 Å². The molecule has 5 nitrogen and oxygen atoms in total. The molecule has 1 N–H and O–H groups in total. The summed E-state index contributed by atoms with van der Waals surface area (Å²) in [4.78, 5) is 0. The molecule has 0 aliphatic carbocycles. The molecule has 1 atom stereocenters. The average Bonchev–Trinajstić information content (AvgIpc) is 2.37. The normalized spacial score (nSPS) is 18.6. The number of nitrogens with one attached hydrogen (secondary N) is 1. The largest absolute Gasteiger partial charge is 0.379 e. The fraction of sp³-hybridized carbons (Fsp3) is 0.600. The third-order valence-electron chi connectivity index (χ3n) is 3.48. The van der Waals surface area contributed by atoms with Crippen molar-refractivity contribution in [3.8, 4) is 0 Å². The van der Waals surface area contributed by atoms with Crippen LogP contribution in [0.1, 0.15) is 23.6 Å². The lowest BCUT2D eigenvalue weighted by Gasteiger charge is -2.27. The monoisotopic (exact) mass is 312 g/mol. The number of ether oxygens (including phenoxy) is 1. The quantitative estimate of drug-likeness (QED) is 0.894. The van der Waals surface area contributed by atoms with E-state index in [-0.39, 0.29) is 6.04 Å². The van der Waals surface area contributed by atoms with E-state index in [0.717, 1.165) is 5.56 Å². The SMILES string of the molecule is Cc1cc(C)cc(CC(C)NS(=O)(=O)N2CCOCC2)c1. The standard InChI is InChI=1S/C15H24N2O3S/c1-12-8-13(2)10-15(9-12)11-14(3)16-21(18,19)17-4-6-20-7-5-17/h8-10,14,16H,4-7,11H2,1-3H3. The van der Waals surface area contributed by atoms with Crippen LogP contribution < -0.4 is 4.72 Å². The Balaban J connectivity index is 1.98. The molecular formula is C15H24N2O3S. The lowest BCUT2D eigenvalue weighted by Crippen LogP contribution is -2.49. The first-order chi connectivity index (χ1) is 9.87. The average molecular weight is 312 g/mol. The number of aryl methyl sites for hydroxylation is 2. The molecule has 1 aromatic carbocycles. The highest BCUT2D eigenvalue weighted by molar-refractivity contribution is 7.87. The van der Waals surface area contributed by atoms with Gasteiger partial charge >= 0.3 is 0 Å². The van der Waals surface area contributed by atoms with Crippen LogP contribution in [0, 0.1) is 13.8 Å². The van der Waals surface area contributed by atoms with Crippen LogP contribution in [0.3, 0.4) is 0 Å². The third kappa shape index (κ3) is 4.78. The van der Waals surface area contributed by atoms with E-state index in [1.807, 2.05) is 6.92 Å². The number of hydrogen-bond donors (Lipinski definition) is 1. The predicted octanol–water partition coefficient (Wildman–Crippen LogP) is 1.40. The van der Waals surface area contributed by atoms with Crippen LogP contribution in [0.15, 0.2) is 18.2 Å². The molecule has 1 unspecified atom stereocenters. The first kappa shape index (κ1) is 16.4. The molecule has 1 aromatic rings. The predicted molar refractivity (Wildman–Crippen MR) is 83.5 cm³/mol. The summed E-state index contributed by atoms with van der Waals surface area (Å²) in [7, 11) is -3.42. The number of nitrogens with zero attached hydrogens (tertiary/aromatic N) is 1. The van der Waals surface area contributed by atoms with E-state index < -0.39 is 10.2 Å². The fourth-order valence-corrected chi connectivity index (χ4v) is 4.07. The van der Waals surface area contributed by atoms with E-state index in [1.165, 1.54) is 15.4 Å². The molecule has 6 heteroatoms. The van der Waals surface area contributed by atoms with Gasteiger partial charge in [-0.25, -0.2) is 0 Å². The van der Waals surface area contributed by atoms with Crippen molar-refractivity contribution in [3.05, 3.63) is 34.9 Å². The van der Waals surface area contributed by atoms with Crippen LogP contribution in [0.2, 0.25) is 0 Å². The Bertz CT molecular complexity index is 560. The number of hydrogen-bond acceptors (Lipinski definition) is 3. The molecule has 0 amide bonds. The van der Waals surface area contributed by atoms with Gasteiger partial charge in [-0.15, -0.1) is 0 Å². The summed E-state index contributed by atoms with van der Waals surface area (Å²) in [5.41, 5.74) is 3.56. The van der Waals surface area contributed by atoms with Crippen molar-refractivity contribution in [2.45, 2.75) is 33.2 Å². The van der Waals surface area contributed by atoms with Crippen LogP contribution in [-0.4, -0.2) is 45.1 Å². The molecule has 1 aliphatic rings. The third-order valence-corrected chi connectivity index (χ3v) is 5.23. The Kier molecular flexibility index (Phi) is 5.37. The maximum Gasteiger partial charge on any atom is 0.279 e. The molecular weight excluding hydrogens is 288 g/mol. The highest BCUT2D eigenvalue weighted by atomic mass is 32.2. The van der Waals surface area contributed by atoms with Gasteiger partial charge in [0.05, 0.1) is 13.2 Å². The Morgan fingerprint density at radius 3 is 2.33 bits per heavy atom. The molecule has 21 heavy (non-hydrogen) atoms. The van der Waals surface area contributed by atoms with Crippen molar-refractivity contribution in [1.29, 1.82) is 0 Å². The van der Waals surface area contributed by atoms with Gasteiger partial charge in [0.25, 0.3) is 10.2 Å². The van der Waals surface area contributed by atoms with Gasteiger partial charge in [-0.2, -0.15) is 17.4 Å². The van der Waals surface area contributed by atoms with Gasteiger partial charge in [0.15, 0.2) is 0 Å². The topological polar surface area (TPSA) is 58.6 Å². The Labute approximate surface area is 127 Å². The van der Waals surface area contributed by atoms with Gasteiger partial charge < -0.3 is 4.74 Å². The summed E-state index contributed by atoms with van der Waals surface area (Å²) in [6.07, 6.45) is 0.687. The van der Waals surface area contributed by atoms with Crippen molar-refractivity contribution in [2.24, 2.45) is 0 Å². The number of benzene rings is 1. The van der Waals surface area contributed by atoms with Crippen LogP contribution >= 0.6 is 0 Å². The van der Waals surface area contributed by atoms with E-state index in [2.05, 4.69) is 36.8 Å². The van der Waals surface area contributed by atoms with Gasteiger partial charge in [-0.1, -0.05) is 29.3 Å². The van der Waals surface area contributed by atoms with Gasteiger partial charge in [-0.05, 0) is 32.8 Å². The Morgan fingerprint density at radius 2 is 1.76 bits per heavy atom. The summed E-state index contributed by atoms with van der Waals surface area (Å²) in [6, 6.07) is 6.18. The van der Waals surface area contributed by atoms with E-state index in [9.17, 15) is 8.42 Å². The highest BCUT2D eigenvalue weighted by Crippen LogP contribution is 2.12. The lowest BCUT2D eigenvalue weighted by molar-refractivity contribution is 0.0723. The molecule has 0 saturated carbocycles. The molecule has 118 valence electrons. The molecule has 1 saturated heterocycles. The first-order valence-corrected chi connectivity index (χ1v) is 8.73. The van der Waals surface area contributed by atoms with Crippen molar-refractivity contribution >= 4 is 10.2 Å². The van der Waals surface area contributed by atoms with Gasteiger partial charge in [0.2, 0.25) is 0 Å². The Hall–Kier alpha value is -0.950. The molecule has 1 heterocycles. The second kappa shape index (κ2) is 6.87. The lowest BCUT2D eigenvalue weighted by atomic mass is 10.0. The fourth-order valence-electron chi connectivity index (χ4n) is 2.70. The zero-order chi connectivity index (χ0) is 15.5. The summed E-state index contributed by atoms with van der Waals surface area (Å²) in [5.74, 6) is 0. The molecule has 0 bridgehead atoms. The first-order valence-electron chi connectivity index (χ1n) is 7.29. The van der Waals surface area contributed by atoms with Crippen LogP contribution in [-0.2, 0) is 21.4 Å². The minimum Gasteiger partial charge on any atom is -0.379 e. The summed E-state index contributed by atoms with van der Waals surface area (Å²) >= 11 is 0. The van der Waals surface area contributed by atoms with Crippen LogP contribution in [0.25, 0.3) is 0 Å². The van der Waals surface area contributed by atoms with E-state index in [0.29, 0.717) is 32.7 Å². The molecule has 0 spiro atoms. The maximum atomic E-state index is 12.3. The van der Waals surface area contributed by atoms with Crippen molar-refractivity contribution in [3.63, 3.8) is 0 Å². The van der Waals surface area contributed by atoms with Gasteiger partial charge in [0, 0.05) is 19.1 Å². The Morgan fingerprint density at radius 1 is 1.19 bits per heavy atom. The van der Waals surface area contributed by atoms with E-state index in [4.69, 9.17) is 4.74 Å². The summed E-state index contributed by atoms with van der Waals surface area (Å²) in [6.45, 7) is 7.78. The van der Waals surface area contributed by atoms with Gasteiger partial charge in [0.1, 0.15) is 0 Å². The number of rotatable bonds is 5. The van der Waals surface area contributed by atoms with Crippen molar-refractivity contribution in [1.82, 2.24) is 9.03 Å². The second-order valence-corrected chi connectivity index (χ2v) is 7.44. The maximum absolute atomic E-state index is 12.3. The summed E-state index contributed by atoms with van der Waals surface area (Å²) < 4.78 is 34.0. The second-order valence-electron chi connectivity index (χ2n) is 5.74. The molecule has 2 rings (SSSR count). The minimum atomic E-state index is -3.42. The minimum absolute atomic E-state index is 0.140. The zero-order valence-electron chi connectivity index (χ0n) is 12.9. The van der Waals surface area contributed by atoms with Crippen molar-refractivity contribution in [2.75, 3.05) is 26.3 Å². The molecule has 0 aromatic heterocycles. The smallest absolute Gasteiger partial charge is 0.279 e. The molecule has 0 radical (unpaired) electrons. The number of morpholine rings is 1. The molecule has 1 fully saturated rings. The van der Waals surface area contributed by atoms with Crippen LogP contribution in [0.4, 0.5) is 0 Å². The van der Waals surface area contributed by atoms with Crippen LogP contribution in [0.5, 0.6) is 0 Å². The van der Waals surface area contributed by atoms with Crippen molar-refractivity contribution < 1.29 is 13.2 Å².